The second-order valence-electron chi connectivity index (χ2n) is 3.48. The van der Waals surface area contributed by atoms with Crippen LogP contribution in [0.4, 0.5) is 0 Å². The molecule has 0 atom stereocenters. The van der Waals surface area contributed by atoms with Crippen LogP contribution in [-0.2, 0) is 16.3 Å². The maximum atomic E-state index is 12.1. The van der Waals surface area contributed by atoms with Gasteiger partial charge in [-0.05, 0) is 11.6 Å². The zero-order chi connectivity index (χ0) is 12.5. The van der Waals surface area contributed by atoms with Gasteiger partial charge in [-0.1, -0.05) is 18.2 Å². The van der Waals surface area contributed by atoms with Crippen molar-refractivity contribution >= 4 is 16.2 Å². The molecule has 1 aliphatic heterocycles. The number of hydrazine groups is 1. The van der Waals surface area contributed by atoms with E-state index in [0.717, 1.165) is 6.34 Å². The molecular weight excluding hydrogens is 242 g/mol. The van der Waals surface area contributed by atoms with E-state index in [1.807, 2.05) is 0 Å². The van der Waals surface area contributed by atoms with E-state index in [2.05, 4.69) is 10.9 Å². The zero-order valence-corrected chi connectivity index (χ0v) is 9.58. The molecule has 0 amide bonds. The molecule has 2 rings (SSSR count). The van der Waals surface area contributed by atoms with Crippen LogP contribution in [0.5, 0.6) is 0 Å². The summed E-state index contributed by atoms with van der Waals surface area (Å²) < 4.78 is 24.3. The number of allylic oxidation sites excluding steroid dienone is 1. The highest BCUT2D eigenvalue weighted by Gasteiger charge is 2.31. The first-order valence-corrected chi connectivity index (χ1v) is 6.31. The second kappa shape index (κ2) is 4.10. The molecule has 0 bridgehead atoms. The average molecular weight is 253 g/mol. The van der Waals surface area contributed by atoms with Gasteiger partial charge < -0.3 is 5.11 Å². The van der Waals surface area contributed by atoms with Crippen molar-refractivity contribution in [2.24, 2.45) is 0 Å². The summed E-state index contributed by atoms with van der Waals surface area (Å²) in [5, 5.41) is 16.2. The number of nitrogens with one attached hydrogen (secondary N) is 3. The third kappa shape index (κ3) is 1.84. The molecule has 0 unspecified atom stereocenters. The predicted molar refractivity (Wildman–Crippen MR) is 62.0 cm³/mol. The molecule has 17 heavy (non-hydrogen) atoms. The molecule has 0 aliphatic carbocycles. The zero-order valence-electron chi connectivity index (χ0n) is 8.77. The summed E-state index contributed by atoms with van der Waals surface area (Å²) in [4.78, 5) is 0.173. The Balaban J connectivity index is 2.53. The van der Waals surface area contributed by atoms with Crippen molar-refractivity contribution in [3.8, 4) is 0 Å². The number of rotatable bonds is 3. The Kier molecular flexibility index (Phi) is 2.76. The van der Waals surface area contributed by atoms with Crippen LogP contribution < -0.4 is 10.9 Å². The number of hydrogen-bond acceptors (Lipinski definition) is 5. The smallest absolute Gasteiger partial charge is 0.226 e. The van der Waals surface area contributed by atoms with Gasteiger partial charge >= 0.3 is 0 Å². The Hall–Kier alpha value is -2.02. The van der Waals surface area contributed by atoms with Gasteiger partial charge in [0.15, 0.2) is 5.03 Å². The van der Waals surface area contributed by atoms with E-state index < -0.39 is 9.84 Å². The Morgan fingerprint density at radius 3 is 2.76 bits per heavy atom. The van der Waals surface area contributed by atoms with Crippen LogP contribution in [0, 0.1) is 5.41 Å². The van der Waals surface area contributed by atoms with Gasteiger partial charge in [0.05, 0.1) is 11.2 Å². The van der Waals surface area contributed by atoms with E-state index >= 15 is 0 Å². The molecule has 1 aromatic carbocycles. The standard InChI is InChI=1S/C10H11N3O3S/c11-6-12-13-10-8(14)5-7-3-1-2-4-9(7)17(10,15)16/h1-4,6,13-14H,5H2,(H2,11,12). The Labute approximate surface area is 98.4 Å². The van der Waals surface area contributed by atoms with Gasteiger partial charge in [-0.25, -0.2) is 8.42 Å². The number of hydrogen-bond donors (Lipinski definition) is 4. The molecule has 0 aromatic heterocycles. The summed E-state index contributed by atoms with van der Waals surface area (Å²) in [7, 11) is -3.75. The highest BCUT2D eigenvalue weighted by Crippen LogP contribution is 2.29. The van der Waals surface area contributed by atoms with Crippen LogP contribution in [0.3, 0.4) is 0 Å². The fourth-order valence-corrected chi connectivity index (χ4v) is 3.22. The van der Waals surface area contributed by atoms with Crippen molar-refractivity contribution < 1.29 is 13.5 Å². The van der Waals surface area contributed by atoms with E-state index in [-0.39, 0.29) is 22.1 Å². The first-order chi connectivity index (χ1) is 8.07. The number of aliphatic hydroxyl groups is 1. The van der Waals surface area contributed by atoms with Gasteiger partial charge in [0, 0.05) is 6.42 Å². The fourth-order valence-electron chi connectivity index (χ4n) is 1.68. The summed E-state index contributed by atoms with van der Waals surface area (Å²) in [6.45, 7) is 0. The SMILES string of the molecule is N=CNNC1=C(O)Cc2ccccc2S1(=O)=O. The molecule has 0 saturated carbocycles. The van der Waals surface area contributed by atoms with Crippen LogP contribution in [0.1, 0.15) is 5.56 Å². The van der Waals surface area contributed by atoms with E-state index in [1.54, 1.807) is 18.2 Å². The molecule has 0 radical (unpaired) electrons. The van der Waals surface area contributed by atoms with Gasteiger partial charge in [0.25, 0.3) is 0 Å². The molecule has 0 spiro atoms. The third-order valence-corrected chi connectivity index (χ3v) is 4.26. The number of benzene rings is 1. The number of aliphatic hydroxyl groups excluding tert-OH is 1. The minimum atomic E-state index is -3.75. The lowest BCUT2D eigenvalue weighted by Crippen LogP contribution is -2.36. The summed E-state index contributed by atoms with van der Waals surface area (Å²) in [5.41, 5.74) is 5.09. The minimum absolute atomic E-state index is 0.150. The van der Waals surface area contributed by atoms with Crippen LogP contribution in [0.15, 0.2) is 39.9 Å². The molecular formula is C10H11N3O3S. The molecule has 4 N–H and O–H groups in total. The van der Waals surface area contributed by atoms with E-state index in [9.17, 15) is 13.5 Å². The van der Waals surface area contributed by atoms with Gasteiger partial charge in [-0.15, -0.1) is 0 Å². The molecule has 0 fully saturated rings. The van der Waals surface area contributed by atoms with Crippen molar-refractivity contribution in [3.63, 3.8) is 0 Å². The number of sulfone groups is 1. The topological polar surface area (TPSA) is 102 Å². The molecule has 6 nitrogen and oxygen atoms in total. The molecule has 7 heteroatoms. The Bertz CT molecular complexity index is 593. The van der Waals surface area contributed by atoms with E-state index in [4.69, 9.17) is 5.41 Å². The summed E-state index contributed by atoms with van der Waals surface area (Å²) in [5.74, 6) is -0.266. The van der Waals surface area contributed by atoms with Crippen LogP contribution in [-0.4, -0.2) is 19.9 Å². The second-order valence-corrected chi connectivity index (χ2v) is 5.33. The lowest BCUT2D eigenvalue weighted by molar-refractivity contribution is 0.385. The van der Waals surface area contributed by atoms with Crippen LogP contribution in [0.25, 0.3) is 0 Å². The average Bonchev–Trinajstić information content (AvgIpc) is 2.28. The normalized spacial score (nSPS) is 17.2. The predicted octanol–water partition coefficient (Wildman–Crippen LogP) is 0.445. The van der Waals surface area contributed by atoms with Crippen LogP contribution in [0.2, 0.25) is 0 Å². The molecule has 90 valence electrons. The highest BCUT2D eigenvalue weighted by atomic mass is 32.2. The molecule has 1 heterocycles. The summed E-state index contributed by atoms with van der Waals surface area (Å²) in [6, 6.07) is 6.49. The maximum absolute atomic E-state index is 12.1. The fraction of sp³-hybridized carbons (Fsp3) is 0.100. The highest BCUT2D eigenvalue weighted by molar-refractivity contribution is 7.95. The van der Waals surface area contributed by atoms with Crippen molar-refractivity contribution in [1.29, 1.82) is 5.41 Å². The van der Waals surface area contributed by atoms with Crippen molar-refractivity contribution in [2.75, 3.05) is 0 Å². The number of fused-ring (bicyclic) bond motifs is 1. The van der Waals surface area contributed by atoms with E-state index in [1.165, 1.54) is 6.07 Å². The maximum Gasteiger partial charge on any atom is 0.226 e. The quantitative estimate of drug-likeness (QED) is 0.356. The van der Waals surface area contributed by atoms with Crippen LogP contribution >= 0.6 is 0 Å². The summed E-state index contributed by atoms with van der Waals surface area (Å²) in [6.07, 6.45) is 0.938. The summed E-state index contributed by atoms with van der Waals surface area (Å²) >= 11 is 0. The largest absolute Gasteiger partial charge is 0.509 e. The first-order valence-electron chi connectivity index (χ1n) is 4.83. The lowest BCUT2D eigenvalue weighted by atomic mass is 10.1. The Morgan fingerprint density at radius 1 is 1.35 bits per heavy atom. The van der Waals surface area contributed by atoms with Crippen molar-refractivity contribution in [2.45, 2.75) is 11.3 Å². The third-order valence-electron chi connectivity index (χ3n) is 2.41. The van der Waals surface area contributed by atoms with Gasteiger partial charge in [0.2, 0.25) is 9.84 Å². The van der Waals surface area contributed by atoms with Gasteiger partial charge in [0.1, 0.15) is 5.76 Å². The van der Waals surface area contributed by atoms with Crippen molar-refractivity contribution in [1.82, 2.24) is 10.9 Å². The minimum Gasteiger partial charge on any atom is -0.509 e. The monoisotopic (exact) mass is 253 g/mol. The lowest BCUT2D eigenvalue weighted by Gasteiger charge is -2.20. The van der Waals surface area contributed by atoms with E-state index in [0.29, 0.717) is 5.56 Å². The Morgan fingerprint density at radius 2 is 2.06 bits per heavy atom. The molecule has 0 saturated heterocycles. The van der Waals surface area contributed by atoms with Gasteiger partial charge in [-0.3, -0.25) is 16.3 Å². The molecule has 1 aromatic rings. The first kappa shape index (κ1) is 11.5. The molecule has 1 aliphatic rings. The van der Waals surface area contributed by atoms with Crippen molar-refractivity contribution in [3.05, 3.63) is 40.6 Å². The van der Waals surface area contributed by atoms with Gasteiger partial charge in [-0.2, -0.15) is 0 Å².